The van der Waals surface area contributed by atoms with Crippen LogP contribution in [0.2, 0.25) is 19.6 Å². The number of hydrogen-bond donors (Lipinski definition) is 0. The van der Waals surface area contributed by atoms with Crippen molar-refractivity contribution in [2.24, 2.45) is 0 Å². The standard InChI is InChI=1S/C36H29FN3O.C14H16NSi.Ir/c1-21(2)28-19-24(23-11-6-5-7-12-23)20-29(22(3)4)33(28)40-31-16-9-8-15-30(31)38-35(40)27-14-10-13-25-26-17-18-32(37)39-36(26)41-34(25)27;1-16(2,3)13-9-10-14(15-11-13)12-7-5-4-6-8-12;/h5-13,15-22H,1-4H3;4-7,9-11H,1-3H3;/q2*-1;. The van der Waals surface area contributed by atoms with Crippen molar-refractivity contribution >= 4 is 46.4 Å². The van der Waals surface area contributed by atoms with E-state index in [1.807, 2.05) is 66.9 Å². The molecule has 293 valence electrons. The van der Waals surface area contributed by atoms with Gasteiger partial charge in [-0.15, -0.1) is 54.1 Å². The van der Waals surface area contributed by atoms with Crippen molar-refractivity contribution in [3.63, 3.8) is 0 Å². The van der Waals surface area contributed by atoms with Crippen LogP contribution in [0.4, 0.5) is 4.39 Å². The van der Waals surface area contributed by atoms with Gasteiger partial charge < -0.3 is 14.0 Å². The Hall–Kier alpha value is -5.53. The number of nitrogens with zero attached hydrogens (tertiary/aromatic N) is 4. The molecule has 0 unspecified atom stereocenters. The summed E-state index contributed by atoms with van der Waals surface area (Å²) in [6.07, 6.45) is 2.02. The zero-order valence-electron chi connectivity index (χ0n) is 33.8. The van der Waals surface area contributed by atoms with Crippen molar-refractivity contribution in [2.45, 2.75) is 59.2 Å². The summed E-state index contributed by atoms with van der Waals surface area (Å²) in [5, 5.41) is 3.01. The van der Waals surface area contributed by atoms with Crippen molar-refractivity contribution < 1.29 is 28.9 Å². The van der Waals surface area contributed by atoms with Gasteiger partial charge >= 0.3 is 0 Å². The fraction of sp³-hybridized carbons (Fsp3) is 0.180. The minimum Gasteiger partial charge on any atom is -0.486 e. The van der Waals surface area contributed by atoms with Crippen LogP contribution < -0.4 is 5.19 Å². The largest absolute Gasteiger partial charge is 0.486 e. The molecule has 58 heavy (non-hydrogen) atoms. The van der Waals surface area contributed by atoms with Gasteiger partial charge in [0, 0.05) is 37.4 Å². The summed E-state index contributed by atoms with van der Waals surface area (Å²) in [6, 6.07) is 49.1. The van der Waals surface area contributed by atoms with Crippen molar-refractivity contribution in [1.29, 1.82) is 0 Å². The molecule has 5 aromatic carbocycles. The van der Waals surface area contributed by atoms with Gasteiger partial charge in [0.25, 0.3) is 0 Å². The molecular weight excluding hydrogens is 912 g/mol. The third-order valence-corrected chi connectivity index (χ3v) is 12.4. The molecule has 0 bridgehead atoms. The van der Waals surface area contributed by atoms with Gasteiger partial charge in [0.1, 0.15) is 0 Å². The number of fused-ring (bicyclic) bond motifs is 4. The van der Waals surface area contributed by atoms with Gasteiger partial charge in [0.05, 0.1) is 30.5 Å². The van der Waals surface area contributed by atoms with E-state index < -0.39 is 14.0 Å². The Bertz CT molecular complexity index is 2810. The summed E-state index contributed by atoms with van der Waals surface area (Å²) in [6.45, 7) is 16.0. The molecule has 8 heteroatoms. The Kier molecular flexibility index (Phi) is 11.7. The van der Waals surface area contributed by atoms with Crippen LogP contribution in [0.5, 0.6) is 0 Å². The Morgan fingerprint density at radius 2 is 1.40 bits per heavy atom. The third kappa shape index (κ3) is 7.97. The van der Waals surface area contributed by atoms with Crippen molar-refractivity contribution in [3.05, 3.63) is 163 Å². The summed E-state index contributed by atoms with van der Waals surface area (Å²) in [4.78, 5) is 13.7. The van der Waals surface area contributed by atoms with Gasteiger partial charge in [0.15, 0.2) is 0 Å². The molecule has 0 amide bonds. The molecule has 0 aliphatic rings. The van der Waals surface area contributed by atoms with Gasteiger partial charge in [0.2, 0.25) is 11.7 Å². The van der Waals surface area contributed by atoms with E-state index in [1.165, 1.54) is 33.5 Å². The van der Waals surface area contributed by atoms with E-state index in [2.05, 4.69) is 129 Å². The van der Waals surface area contributed by atoms with Gasteiger partial charge in [-0.05, 0) is 81.4 Å². The van der Waals surface area contributed by atoms with E-state index in [4.69, 9.17) is 9.40 Å². The van der Waals surface area contributed by atoms with E-state index in [0.717, 1.165) is 44.6 Å². The zero-order chi connectivity index (χ0) is 39.8. The fourth-order valence-electron chi connectivity index (χ4n) is 7.35. The van der Waals surface area contributed by atoms with E-state index >= 15 is 0 Å². The Balaban J connectivity index is 0.000000254. The van der Waals surface area contributed by atoms with Crippen molar-refractivity contribution in [1.82, 2.24) is 19.5 Å². The second-order valence-electron chi connectivity index (χ2n) is 16.1. The maximum atomic E-state index is 14.0. The topological polar surface area (TPSA) is 56.7 Å². The number of rotatable bonds is 7. The number of halogens is 1. The predicted octanol–water partition coefficient (Wildman–Crippen LogP) is 12.9. The smallest absolute Gasteiger partial charge is 0.218 e. The fourth-order valence-corrected chi connectivity index (χ4v) is 8.39. The molecule has 9 rings (SSSR count). The number of para-hydroxylation sites is 2. The molecule has 0 saturated heterocycles. The summed E-state index contributed by atoms with van der Waals surface area (Å²) >= 11 is 0. The van der Waals surface area contributed by atoms with Crippen LogP contribution in [0.3, 0.4) is 0 Å². The third-order valence-electron chi connectivity index (χ3n) is 10.4. The summed E-state index contributed by atoms with van der Waals surface area (Å²) in [5.41, 5.74) is 11.5. The van der Waals surface area contributed by atoms with Crippen molar-refractivity contribution in [2.75, 3.05) is 0 Å². The number of furan rings is 1. The molecule has 0 aliphatic carbocycles. The van der Waals surface area contributed by atoms with Crippen LogP contribution in [-0.4, -0.2) is 27.6 Å². The molecule has 0 saturated carbocycles. The number of pyridine rings is 2. The SMILES string of the molecule is CC(C)c1cc(-c2ccccc2)cc(C(C)C)c1-n1c(-c2[c-]ccc3c2oc2nc(F)ccc23)nc2ccccc21.C[Si](C)(C)c1ccc(-c2[c-]cccc2)nc1.[Ir]. The van der Waals surface area contributed by atoms with Gasteiger partial charge in [-0.1, -0.05) is 113 Å². The van der Waals surface area contributed by atoms with Crippen LogP contribution in [0.15, 0.2) is 138 Å². The minimum absolute atomic E-state index is 0. The van der Waals surface area contributed by atoms with Crippen LogP contribution in [0, 0.1) is 18.1 Å². The maximum Gasteiger partial charge on any atom is 0.218 e. The second kappa shape index (κ2) is 16.7. The van der Waals surface area contributed by atoms with E-state index in [1.54, 1.807) is 6.07 Å². The summed E-state index contributed by atoms with van der Waals surface area (Å²) in [5.74, 6) is 0.653. The van der Waals surface area contributed by atoms with Crippen LogP contribution >= 0.6 is 0 Å². The Morgan fingerprint density at radius 1 is 0.690 bits per heavy atom. The molecule has 4 heterocycles. The van der Waals surface area contributed by atoms with E-state index in [-0.39, 0.29) is 37.7 Å². The molecule has 0 aliphatic heterocycles. The molecule has 5 nitrogen and oxygen atoms in total. The average molecular weight is 957 g/mol. The van der Waals surface area contributed by atoms with E-state index in [9.17, 15) is 4.39 Å². The number of benzene rings is 5. The van der Waals surface area contributed by atoms with Gasteiger partial charge in [-0.2, -0.15) is 9.37 Å². The van der Waals surface area contributed by atoms with Gasteiger partial charge in [-0.25, -0.2) is 0 Å². The predicted molar refractivity (Wildman–Crippen MR) is 235 cm³/mol. The molecule has 4 aromatic heterocycles. The minimum atomic E-state index is -1.23. The Labute approximate surface area is 354 Å². The molecular formula is C50H45FIrN4OSi-2. The molecule has 0 fully saturated rings. The summed E-state index contributed by atoms with van der Waals surface area (Å²) in [7, 11) is -1.23. The number of imidazole rings is 1. The Morgan fingerprint density at radius 3 is 2.05 bits per heavy atom. The van der Waals surface area contributed by atoms with Crippen LogP contribution in [0.25, 0.3) is 72.6 Å². The number of aromatic nitrogens is 4. The van der Waals surface area contributed by atoms with Crippen molar-refractivity contribution in [3.8, 4) is 39.5 Å². The second-order valence-corrected chi connectivity index (χ2v) is 21.2. The first-order valence-corrected chi connectivity index (χ1v) is 23.0. The zero-order valence-corrected chi connectivity index (χ0v) is 37.2. The molecule has 9 aromatic rings. The quantitative estimate of drug-likeness (QED) is 0.0907. The van der Waals surface area contributed by atoms with E-state index in [0.29, 0.717) is 11.1 Å². The molecule has 1 radical (unpaired) electrons. The van der Waals surface area contributed by atoms with Crippen LogP contribution in [-0.2, 0) is 20.1 Å². The monoisotopic (exact) mass is 957 g/mol. The van der Waals surface area contributed by atoms with Crippen LogP contribution in [0.1, 0.15) is 50.7 Å². The summed E-state index contributed by atoms with van der Waals surface area (Å²) < 4.78 is 22.5. The van der Waals surface area contributed by atoms with Gasteiger partial charge in [-0.3, -0.25) is 4.98 Å². The maximum absolute atomic E-state index is 14.0. The number of hydrogen-bond acceptors (Lipinski definition) is 4. The first kappa shape index (κ1) is 40.7. The first-order chi connectivity index (χ1) is 27.5. The molecule has 0 N–H and O–H groups in total. The average Bonchev–Trinajstić information content (AvgIpc) is 3.79. The molecule has 0 spiro atoms. The normalized spacial score (nSPS) is 11.6. The first-order valence-electron chi connectivity index (χ1n) is 19.5. The molecule has 0 atom stereocenters.